The maximum Gasteiger partial charge on any atom is 0.166 e. The zero-order chi connectivity index (χ0) is 33.5. The van der Waals surface area contributed by atoms with Gasteiger partial charge in [0.25, 0.3) is 0 Å². The molecule has 0 unspecified atom stereocenters. The standard InChI is InChI=1S/C45H26N4O2/c1-6-18-35-28(12-1)29-13-2-7-19-36(29)49(35)37-20-8-3-15-31(37)44-46-43(27-24-25-40-34(26-27)30-14-4-9-21-38(30)50-40)47-45(48-44)33-17-11-23-41-42(33)32-16-5-10-22-39(32)51-41/h1-26H. The van der Waals surface area contributed by atoms with Crippen molar-refractivity contribution in [1.29, 1.82) is 0 Å². The minimum atomic E-state index is 0.571. The van der Waals surface area contributed by atoms with Crippen molar-refractivity contribution in [3.8, 4) is 39.9 Å². The van der Waals surface area contributed by atoms with E-state index in [1.807, 2.05) is 66.7 Å². The van der Waals surface area contributed by atoms with Gasteiger partial charge in [-0.2, -0.15) is 0 Å². The first-order valence-corrected chi connectivity index (χ1v) is 16.9. The molecule has 0 spiro atoms. The van der Waals surface area contributed by atoms with Gasteiger partial charge >= 0.3 is 0 Å². The lowest BCUT2D eigenvalue weighted by atomic mass is 10.0. The second-order valence-electron chi connectivity index (χ2n) is 12.8. The van der Waals surface area contributed by atoms with E-state index >= 15 is 0 Å². The van der Waals surface area contributed by atoms with Gasteiger partial charge in [0, 0.05) is 49.0 Å². The number of aromatic nitrogens is 4. The quantitative estimate of drug-likeness (QED) is 0.189. The van der Waals surface area contributed by atoms with Crippen molar-refractivity contribution in [3.63, 3.8) is 0 Å². The number of nitrogens with zero attached hydrogens (tertiary/aromatic N) is 4. The lowest BCUT2D eigenvalue weighted by Gasteiger charge is -2.14. The third-order valence-corrected chi connectivity index (χ3v) is 9.88. The molecule has 11 aromatic rings. The van der Waals surface area contributed by atoms with Crippen molar-refractivity contribution < 1.29 is 8.83 Å². The second-order valence-corrected chi connectivity index (χ2v) is 12.8. The lowest BCUT2D eigenvalue weighted by molar-refractivity contribution is 0.668. The Morgan fingerprint density at radius 3 is 1.69 bits per heavy atom. The van der Waals surface area contributed by atoms with Crippen LogP contribution >= 0.6 is 0 Å². The molecule has 6 nitrogen and oxygen atoms in total. The van der Waals surface area contributed by atoms with Crippen molar-refractivity contribution in [1.82, 2.24) is 19.5 Å². The zero-order valence-electron chi connectivity index (χ0n) is 27.1. The molecule has 0 atom stereocenters. The summed E-state index contributed by atoms with van der Waals surface area (Å²) in [5.41, 5.74) is 9.15. The Kier molecular flexibility index (Phi) is 5.86. The molecular formula is C45H26N4O2. The third kappa shape index (κ3) is 4.20. The number of para-hydroxylation sites is 5. The van der Waals surface area contributed by atoms with Crippen molar-refractivity contribution in [2.45, 2.75) is 0 Å². The van der Waals surface area contributed by atoms with Crippen molar-refractivity contribution in [2.75, 3.05) is 0 Å². The van der Waals surface area contributed by atoms with E-state index in [1.165, 1.54) is 10.8 Å². The number of rotatable bonds is 4. The molecule has 4 heterocycles. The smallest absolute Gasteiger partial charge is 0.166 e. The van der Waals surface area contributed by atoms with E-state index in [9.17, 15) is 0 Å². The Balaban J connectivity index is 1.21. The van der Waals surface area contributed by atoms with Gasteiger partial charge in [0.15, 0.2) is 17.5 Å². The minimum Gasteiger partial charge on any atom is -0.456 e. The first kappa shape index (κ1) is 27.9. The molecule has 0 saturated heterocycles. The van der Waals surface area contributed by atoms with Gasteiger partial charge in [-0.1, -0.05) is 97.1 Å². The Morgan fingerprint density at radius 1 is 0.373 bits per heavy atom. The minimum absolute atomic E-state index is 0.571. The summed E-state index contributed by atoms with van der Waals surface area (Å²) in [4.78, 5) is 15.7. The molecule has 238 valence electrons. The molecule has 4 aromatic heterocycles. The van der Waals surface area contributed by atoms with E-state index in [0.717, 1.165) is 77.3 Å². The van der Waals surface area contributed by atoms with E-state index in [0.29, 0.717) is 17.5 Å². The maximum atomic E-state index is 6.29. The molecule has 0 aliphatic carbocycles. The van der Waals surface area contributed by atoms with Crippen molar-refractivity contribution in [2.24, 2.45) is 0 Å². The fraction of sp³-hybridized carbons (Fsp3) is 0. The SMILES string of the molecule is c1ccc(-n2c3ccccc3c3ccccc32)c(-c2nc(-c3ccc4oc5ccccc5c4c3)nc(-c3cccc4oc5ccccc5c34)n2)c1. The number of hydrogen-bond acceptors (Lipinski definition) is 5. The van der Waals surface area contributed by atoms with E-state index in [1.54, 1.807) is 0 Å². The molecule has 0 saturated carbocycles. The zero-order valence-corrected chi connectivity index (χ0v) is 27.1. The number of furan rings is 2. The Bertz CT molecular complexity index is 3110. The number of benzene rings is 7. The van der Waals surface area contributed by atoms with E-state index in [2.05, 4.69) is 95.6 Å². The van der Waals surface area contributed by atoms with Crippen LogP contribution in [0.2, 0.25) is 0 Å². The van der Waals surface area contributed by atoms with Gasteiger partial charge in [-0.3, -0.25) is 0 Å². The Labute approximate surface area is 290 Å². The summed E-state index contributed by atoms with van der Waals surface area (Å²) in [6, 6.07) is 53.9. The fourth-order valence-electron chi connectivity index (χ4n) is 7.61. The first-order chi connectivity index (χ1) is 25.3. The summed E-state index contributed by atoms with van der Waals surface area (Å²) in [7, 11) is 0. The highest BCUT2D eigenvalue weighted by Gasteiger charge is 2.21. The van der Waals surface area contributed by atoms with Crippen LogP contribution in [0.3, 0.4) is 0 Å². The lowest BCUT2D eigenvalue weighted by Crippen LogP contribution is -2.03. The number of fused-ring (bicyclic) bond motifs is 9. The Morgan fingerprint density at radius 2 is 0.902 bits per heavy atom. The normalized spacial score (nSPS) is 11.9. The Hall–Kier alpha value is -7.05. The summed E-state index contributed by atoms with van der Waals surface area (Å²) in [5, 5.41) is 6.44. The van der Waals surface area contributed by atoms with Crippen LogP contribution in [0.25, 0.3) is 106 Å². The molecule has 11 rings (SSSR count). The fourth-order valence-corrected chi connectivity index (χ4v) is 7.61. The van der Waals surface area contributed by atoms with Crippen LogP contribution in [0.5, 0.6) is 0 Å². The van der Waals surface area contributed by atoms with Crippen LogP contribution < -0.4 is 0 Å². The second kappa shape index (κ2) is 10.7. The van der Waals surface area contributed by atoms with Crippen LogP contribution in [0.1, 0.15) is 0 Å². The average Bonchev–Trinajstić information content (AvgIpc) is 3.87. The van der Waals surface area contributed by atoms with Crippen molar-refractivity contribution >= 4 is 65.7 Å². The molecule has 0 bridgehead atoms. The molecular weight excluding hydrogens is 629 g/mol. The molecule has 0 N–H and O–H groups in total. The summed E-state index contributed by atoms with van der Waals surface area (Å²) >= 11 is 0. The summed E-state index contributed by atoms with van der Waals surface area (Å²) in [5.74, 6) is 1.72. The highest BCUT2D eigenvalue weighted by Crippen LogP contribution is 2.39. The van der Waals surface area contributed by atoms with Gasteiger partial charge in [-0.05, 0) is 60.7 Å². The average molecular weight is 655 g/mol. The summed E-state index contributed by atoms with van der Waals surface area (Å²) < 4.78 is 14.8. The van der Waals surface area contributed by atoms with Gasteiger partial charge in [-0.25, -0.2) is 15.0 Å². The topological polar surface area (TPSA) is 69.9 Å². The van der Waals surface area contributed by atoms with Crippen molar-refractivity contribution in [3.05, 3.63) is 158 Å². The highest BCUT2D eigenvalue weighted by atomic mass is 16.3. The van der Waals surface area contributed by atoms with Crippen LogP contribution in [0, 0.1) is 0 Å². The van der Waals surface area contributed by atoms with E-state index < -0.39 is 0 Å². The summed E-state index contributed by atoms with van der Waals surface area (Å²) in [6.45, 7) is 0. The van der Waals surface area contributed by atoms with Gasteiger partial charge in [0.1, 0.15) is 22.3 Å². The van der Waals surface area contributed by atoms with Gasteiger partial charge < -0.3 is 13.4 Å². The van der Waals surface area contributed by atoms with Gasteiger partial charge in [0.05, 0.1) is 16.7 Å². The molecule has 0 amide bonds. The van der Waals surface area contributed by atoms with E-state index in [4.69, 9.17) is 23.8 Å². The molecule has 0 aliphatic heterocycles. The molecule has 0 fully saturated rings. The molecule has 0 aliphatic rings. The van der Waals surface area contributed by atoms with Crippen LogP contribution in [0.4, 0.5) is 0 Å². The van der Waals surface area contributed by atoms with Crippen LogP contribution in [-0.2, 0) is 0 Å². The van der Waals surface area contributed by atoms with E-state index in [-0.39, 0.29) is 0 Å². The largest absolute Gasteiger partial charge is 0.456 e. The molecule has 7 aromatic carbocycles. The predicted octanol–water partition coefficient (Wildman–Crippen LogP) is 11.8. The monoisotopic (exact) mass is 654 g/mol. The van der Waals surface area contributed by atoms with Crippen LogP contribution in [-0.4, -0.2) is 19.5 Å². The van der Waals surface area contributed by atoms with Gasteiger partial charge in [-0.15, -0.1) is 0 Å². The third-order valence-electron chi connectivity index (χ3n) is 9.88. The predicted molar refractivity (Wildman–Crippen MR) is 205 cm³/mol. The van der Waals surface area contributed by atoms with Crippen LogP contribution in [0.15, 0.2) is 167 Å². The molecule has 6 heteroatoms. The number of hydrogen-bond donors (Lipinski definition) is 0. The molecule has 0 radical (unpaired) electrons. The molecule has 51 heavy (non-hydrogen) atoms. The first-order valence-electron chi connectivity index (χ1n) is 16.9. The van der Waals surface area contributed by atoms with Gasteiger partial charge in [0.2, 0.25) is 0 Å². The maximum absolute atomic E-state index is 6.29. The highest BCUT2D eigenvalue weighted by molar-refractivity contribution is 6.12. The summed E-state index contributed by atoms with van der Waals surface area (Å²) in [6.07, 6.45) is 0.